The summed E-state index contributed by atoms with van der Waals surface area (Å²) in [5.41, 5.74) is 0. The highest BCUT2D eigenvalue weighted by molar-refractivity contribution is 5.09. The van der Waals surface area contributed by atoms with E-state index in [2.05, 4.69) is 23.3 Å². The van der Waals surface area contributed by atoms with Gasteiger partial charge in [-0.05, 0) is 20.8 Å². The average Bonchev–Trinajstić information content (AvgIpc) is 3.34. The summed E-state index contributed by atoms with van der Waals surface area (Å²) >= 11 is 0. The summed E-state index contributed by atoms with van der Waals surface area (Å²) in [7, 11) is 0. The summed E-state index contributed by atoms with van der Waals surface area (Å²) < 4.78 is 27.7. The van der Waals surface area contributed by atoms with Crippen LogP contribution in [0.25, 0.3) is 0 Å². The molecule has 0 saturated carbocycles. The summed E-state index contributed by atoms with van der Waals surface area (Å²) in [6, 6.07) is 1.15. The molecule has 0 N–H and O–H groups in total. The molecule has 0 spiro atoms. The molecule has 166 valence electrons. The Morgan fingerprint density at radius 1 is 0.750 bits per heavy atom. The van der Waals surface area contributed by atoms with Crippen LogP contribution in [0, 0.1) is 0 Å². The van der Waals surface area contributed by atoms with E-state index in [0.717, 1.165) is 52.6 Å². The Morgan fingerprint density at radius 3 is 1.71 bits per heavy atom. The van der Waals surface area contributed by atoms with Gasteiger partial charge in [0.1, 0.15) is 0 Å². The molecule has 0 aliphatic carbocycles. The van der Waals surface area contributed by atoms with E-state index < -0.39 is 0 Å². The van der Waals surface area contributed by atoms with Gasteiger partial charge in [0, 0.05) is 51.5 Å². The first-order chi connectivity index (χ1) is 13.7. The highest BCUT2D eigenvalue weighted by Crippen LogP contribution is 2.27. The fourth-order valence-corrected chi connectivity index (χ4v) is 3.04. The standard InChI is InChI=1S/C21H42N2O5/c1-5-21-20(4)23(21)11-15-28-19-18-27-14-10-22(8-12-24-6-2)9-13-26-17-16-25-7-3/h5,20-21H,1,6-19H2,2-4H3/t20?,21-,23?/m0/s1. The number of ether oxygens (including phenoxy) is 5. The second-order valence-electron chi connectivity index (χ2n) is 6.78. The van der Waals surface area contributed by atoms with Gasteiger partial charge >= 0.3 is 0 Å². The molecule has 7 heteroatoms. The number of nitrogens with zero attached hydrogens (tertiary/aromatic N) is 2. The molecule has 2 unspecified atom stereocenters. The third kappa shape index (κ3) is 12.1. The third-order valence-corrected chi connectivity index (χ3v) is 4.85. The lowest BCUT2D eigenvalue weighted by Crippen LogP contribution is -2.34. The summed E-state index contributed by atoms with van der Waals surface area (Å²) in [5.74, 6) is 0. The lowest BCUT2D eigenvalue weighted by molar-refractivity contribution is 0.0184. The Hall–Kier alpha value is -0.540. The van der Waals surface area contributed by atoms with Gasteiger partial charge in [0.2, 0.25) is 0 Å². The largest absolute Gasteiger partial charge is 0.380 e. The van der Waals surface area contributed by atoms with Crippen molar-refractivity contribution in [2.45, 2.75) is 32.9 Å². The van der Waals surface area contributed by atoms with Crippen molar-refractivity contribution in [2.24, 2.45) is 0 Å². The van der Waals surface area contributed by atoms with Crippen LogP contribution in [0.5, 0.6) is 0 Å². The maximum Gasteiger partial charge on any atom is 0.0701 e. The van der Waals surface area contributed by atoms with Crippen molar-refractivity contribution in [3.63, 3.8) is 0 Å². The fraction of sp³-hybridized carbons (Fsp3) is 0.905. The maximum absolute atomic E-state index is 5.72. The van der Waals surface area contributed by atoms with E-state index in [1.807, 2.05) is 19.9 Å². The van der Waals surface area contributed by atoms with Crippen LogP contribution < -0.4 is 0 Å². The Kier molecular flexibility index (Phi) is 15.8. The Bertz CT molecular complexity index is 373. The Labute approximate surface area is 171 Å². The second-order valence-corrected chi connectivity index (χ2v) is 6.78. The highest BCUT2D eigenvalue weighted by atomic mass is 16.5. The zero-order valence-corrected chi connectivity index (χ0v) is 18.3. The van der Waals surface area contributed by atoms with E-state index in [4.69, 9.17) is 23.7 Å². The third-order valence-electron chi connectivity index (χ3n) is 4.85. The van der Waals surface area contributed by atoms with Crippen molar-refractivity contribution in [1.82, 2.24) is 9.80 Å². The number of hydrogen-bond acceptors (Lipinski definition) is 7. The molecule has 1 saturated heterocycles. The van der Waals surface area contributed by atoms with Crippen molar-refractivity contribution < 1.29 is 23.7 Å². The fourth-order valence-electron chi connectivity index (χ4n) is 3.04. The van der Waals surface area contributed by atoms with E-state index in [9.17, 15) is 0 Å². The van der Waals surface area contributed by atoms with Crippen LogP contribution in [-0.4, -0.2) is 114 Å². The van der Waals surface area contributed by atoms with Gasteiger partial charge in [-0.3, -0.25) is 9.80 Å². The first-order valence-corrected chi connectivity index (χ1v) is 10.7. The van der Waals surface area contributed by atoms with E-state index in [0.29, 0.717) is 51.7 Å². The number of hydrogen-bond donors (Lipinski definition) is 0. The lowest BCUT2D eigenvalue weighted by atomic mass is 10.3. The van der Waals surface area contributed by atoms with Crippen molar-refractivity contribution in [3.05, 3.63) is 12.7 Å². The van der Waals surface area contributed by atoms with E-state index >= 15 is 0 Å². The van der Waals surface area contributed by atoms with Crippen LogP contribution in [0.3, 0.4) is 0 Å². The van der Waals surface area contributed by atoms with Crippen molar-refractivity contribution in [2.75, 3.05) is 92.2 Å². The molecule has 1 aliphatic heterocycles. The predicted octanol–water partition coefficient (Wildman–Crippen LogP) is 1.67. The predicted molar refractivity (Wildman–Crippen MR) is 112 cm³/mol. The van der Waals surface area contributed by atoms with Crippen molar-refractivity contribution in [3.8, 4) is 0 Å². The van der Waals surface area contributed by atoms with Crippen molar-refractivity contribution in [1.29, 1.82) is 0 Å². The Morgan fingerprint density at radius 2 is 1.21 bits per heavy atom. The van der Waals surface area contributed by atoms with E-state index in [1.54, 1.807) is 0 Å². The van der Waals surface area contributed by atoms with Crippen LogP contribution >= 0.6 is 0 Å². The Balaban J connectivity index is 1.98. The molecule has 0 bridgehead atoms. The average molecular weight is 403 g/mol. The minimum Gasteiger partial charge on any atom is -0.380 e. The van der Waals surface area contributed by atoms with Crippen LogP contribution in [0.15, 0.2) is 12.7 Å². The second kappa shape index (κ2) is 17.3. The van der Waals surface area contributed by atoms with Gasteiger partial charge in [0.15, 0.2) is 0 Å². The quantitative estimate of drug-likeness (QED) is 0.164. The molecule has 1 fully saturated rings. The molecule has 3 atom stereocenters. The monoisotopic (exact) mass is 402 g/mol. The highest BCUT2D eigenvalue weighted by Gasteiger charge is 2.40. The SMILES string of the molecule is C=C[C@H]1C(C)N1CCOCCOCCN(CCOCC)CCOCCOCC. The maximum atomic E-state index is 5.72. The van der Waals surface area contributed by atoms with Gasteiger partial charge in [0.05, 0.1) is 52.9 Å². The molecule has 0 aromatic heterocycles. The molecule has 28 heavy (non-hydrogen) atoms. The summed E-state index contributed by atoms with van der Waals surface area (Å²) in [4.78, 5) is 4.69. The first-order valence-electron chi connectivity index (χ1n) is 10.7. The summed E-state index contributed by atoms with van der Waals surface area (Å²) in [6.07, 6.45) is 2.01. The first kappa shape index (κ1) is 25.5. The van der Waals surface area contributed by atoms with Crippen LogP contribution in [0.4, 0.5) is 0 Å². The molecular weight excluding hydrogens is 360 g/mol. The summed E-state index contributed by atoms with van der Waals surface area (Å²) in [6.45, 7) is 20.6. The van der Waals surface area contributed by atoms with E-state index in [-0.39, 0.29) is 0 Å². The van der Waals surface area contributed by atoms with Crippen LogP contribution in [0.2, 0.25) is 0 Å². The lowest BCUT2D eigenvalue weighted by Gasteiger charge is -2.22. The molecule has 0 amide bonds. The van der Waals surface area contributed by atoms with Gasteiger partial charge in [-0.25, -0.2) is 0 Å². The zero-order valence-electron chi connectivity index (χ0n) is 18.3. The van der Waals surface area contributed by atoms with Crippen molar-refractivity contribution >= 4 is 0 Å². The smallest absolute Gasteiger partial charge is 0.0701 e. The van der Waals surface area contributed by atoms with Gasteiger partial charge in [-0.2, -0.15) is 0 Å². The normalized spacial score (nSPS) is 21.4. The molecule has 0 radical (unpaired) electrons. The van der Waals surface area contributed by atoms with Gasteiger partial charge in [0.25, 0.3) is 0 Å². The van der Waals surface area contributed by atoms with E-state index in [1.165, 1.54) is 0 Å². The molecule has 0 aromatic rings. The molecule has 0 aromatic carbocycles. The molecule has 7 nitrogen and oxygen atoms in total. The number of rotatable bonds is 21. The molecule has 1 rings (SSSR count). The van der Waals surface area contributed by atoms with Gasteiger partial charge < -0.3 is 23.7 Å². The van der Waals surface area contributed by atoms with Gasteiger partial charge in [-0.15, -0.1) is 6.58 Å². The van der Waals surface area contributed by atoms with Crippen LogP contribution in [0.1, 0.15) is 20.8 Å². The van der Waals surface area contributed by atoms with Gasteiger partial charge in [-0.1, -0.05) is 6.08 Å². The topological polar surface area (TPSA) is 52.4 Å². The zero-order chi connectivity index (χ0) is 20.5. The van der Waals surface area contributed by atoms with Crippen LogP contribution in [-0.2, 0) is 23.7 Å². The molecular formula is C21H42N2O5. The molecule has 1 aliphatic rings. The summed E-state index contributed by atoms with van der Waals surface area (Å²) in [5, 5.41) is 0. The minimum absolute atomic E-state index is 0.533. The molecule has 1 heterocycles. The minimum atomic E-state index is 0.533.